The molecule has 0 radical (unpaired) electrons. The summed E-state index contributed by atoms with van der Waals surface area (Å²) >= 11 is 0. The molecule has 1 N–H and O–H groups in total. The van der Waals surface area contributed by atoms with Crippen LogP contribution in [0.15, 0.2) is 22.9 Å². The van der Waals surface area contributed by atoms with E-state index in [1.165, 1.54) is 0 Å². The summed E-state index contributed by atoms with van der Waals surface area (Å²) in [5.74, 6) is 0.310. The average molecular weight is 339 g/mol. The average Bonchev–Trinajstić information content (AvgIpc) is 3.11. The van der Waals surface area contributed by atoms with Crippen LogP contribution in [0.4, 0.5) is 0 Å². The first-order valence-corrected chi connectivity index (χ1v) is 8.92. The molecular formula is C13H17N5O4S. The van der Waals surface area contributed by atoms with Crippen LogP contribution in [-0.4, -0.2) is 53.5 Å². The largest absolute Gasteiger partial charge is 0.361 e. The molecule has 0 fully saturated rings. The van der Waals surface area contributed by atoms with Gasteiger partial charge in [-0.25, -0.2) is 13.1 Å². The van der Waals surface area contributed by atoms with Crippen LogP contribution in [0.25, 0.3) is 0 Å². The van der Waals surface area contributed by atoms with Crippen molar-refractivity contribution >= 4 is 15.9 Å². The predicted octanol–water partition coefficient (Wildman–Crippen LogP) is -0.0742. The molecule has 9 nitrogen and oxygen atoms in total. The molecule has 2 aromatic rings. The second-order valence-electron chi connectivity index (χ2n) is 5.55. The molecular weight excluding hydrogens is 322 g/mol. The van der Waals surface area contributed by atoms with Gasteiger partial charge in [0.05, 0.1) is 24.5 Å². The summed E-state index contributed by atoms with van der Waals surface area (Å²) in [6, 6.07) is 3.11. The second kappa shape index (κ2) is 5.78. The van der Waals surface area contributed by atoms with Crippen molar-refractivity contribution in [1.29, 1.82) is 0 Å². The quantitative estimate of drug-likeness (QED) is 0.834. The number of nitrogens with zero attached hydrogens (tertiary/aromatic N) is 4. The Labute approximate surface area is 133 Å². The van der Waals surface area contributed by atoms with Crippen LogP contribution >= 0.6 is 0 Å². The van der Waals surface area contributed by atoms with Gasteiger partial charge in [0.25, 0.3) is 5.91 Å². The van der Waals surface area contributed by atoms with Gasteiger partial charge >= 0.3 is 0 Å². The van der Waals surface area contributed by atoms with Crippen LogP contribution in [0, 0.1) is 6.92 Å². The predicted molar refractivity (Wildman–Crippen MR) is 80.1 cm³/mol. The molecule has 1 atom stereocenters. The molecule has 0 aliphatic carbocycles. The highest BCUT2D eigenvalue weighted by molar-refractivity contribution is 7.88. The first-order chi connectivity index (χ1) is 10.8. The van der Waals surface area contributed by atoms with Crippen molar-refractivity contribution < 1.29 is 17.7 Å². The highest BCUT2D eigenvalue weighted by Crippen LogP contribution is 2.21. The molecule has 1 amide bonds. The fraction of sp³-hybridized carbons (Fsp3) is 0.462. The molecule has 3 rings (SSSR count). The summed E-state index contributed by atoms with van der Waals surface area (Å²) in [7, 11) is -3.32. The summed E-state index contributed by atoms with van der Waals surface area (Å²) in [6.07, 6.45) is 2.73. The van der Waals surface area contributed by atoms with E-state index in [9.17, 15) is 13.2 Å². The number of rotatable bonds is 4. The Hall–Kier alpha value is -2.20. The van der Waals surface area contributed by atoms with E-state index in [0.717, 1.165) is 11.9 Å². The number of aromatic nitrogens is 3. The van der Waals surface area contributed by atoms with Gasteiger partial charge in [0.1, 0.15) is 5.76 Å². The molecule has 0 spiro atoms. The molecule has 0 bridgehead atoms. The normalized spacial score (nSPS) is 18.0. The fourth-order valence-electron chi connectivity index (χ4n) is 2.57. The van der Waals surface area contributed by atoms with Gasteiger partial charge in [0.2, 0.25) is 10.0 Å². The molecule has 124 valence electrons. The minimum atomic E-state index is -3.32. The number of carbonyl (C=O) groups excluding carboxylic acids is 1. The van der Waals surface area contributed by atoms with Gasteiger partial charge in [-0.05, 0) is 13.0 Å². The first kappa shape index (κ1) is 15.7. The van der Waals surface area contributed by atoms with Crippen LogP contribution in [-0.2, 0) is 16.6 Å². The number of nitrogens with one attached hydrogen (secondary N) is 1. The molecule has 23 heavy (non-hydrogen) atoms. The van der Waals surface area contributed by atoms with E-state index < -0.39 is 10.0 Å². The van der Waals surface area contributed by atoms with E-state index >= 15 is 0 Å². The zero-order valence-electron chi connectivity index (χ0n) is 12.8. The monoisotopic (exact) mass is 339 g/mol. The van der Waals surface area contributed by atoms with Crippen LogP contribution < -0.4 is 4.72 Å². The first-order valence-electron chi connectivity index (χ1n) is 7.03. The lowest BCUT2D eigenvalue weighted by Gasteiger charge is -2.33. The summed E-state index contributed by atoms with van der Waals surface area (Å²) in [5.41, 5.74) is 1.08. The van der Waals surface area contributed by atoms with Crippen molar-refractivity contribution in [3.8, 4) is 0 Å². The van der Waals surface area contributed by atoms with E-state index in [1.54, 1.807) is 34.8 Å². The SMILES string of the molecule is Cc1cc(C(=O)N2Cc3ccnn3[C@H](CNS(C)(=O)=O)C2)no1. The molecule has 1 aliphatic heterocycles. The molecule has 0 aromatic carbocycles. The van der Waals surface area contributed by atoms with Crippen LogP contribution in [0.5, 0.6) is 0 Å². The second-order valence-corrected chi connectivity index (χ2v) is 7.38. The molecule has 0 unspecified atom stereocenters. The Morgan fingerprint density at radius 1 is 1.52 bits per heavy atom. The number of fused-ring (bicyclic) bond motifs is 1. The van der Waals surface area contributed by atoms with E-state index in [0.29, 0.717) is 18.8 Å². The lowest BCUT2D eigenvalue weighted by atomic mass is 10.1. The van der Waals surface area contributed by atoms with Crippen molar-refractivity contribution in [2.24, 2.45) is 0 Å². The summed E-state index contributed by atoms with van der Waals surface area (Å²) in [5, 5.41) is 7.96. The summed E-state index contributed by atoms with van der Waals surface area (Å²) in [6.45, 7) is 2.60. The number of hydrogen-bond acceptors (Lipinski definition) is 6. The molecule has 0 saturated carbocycles. The molecule has 1 aliphatic rings. The van der Waals surface area contributed by atoms with Gasteiger partial charge in [-0.3, -0.25) is 9.48 Å². The standard InChI is InChI=1S/C13H17N5O4S/c1-9-5-12(16-22-9)13(19)17-7-10-3-4-14-18(10)11(8-17)6-15-23(2,20)21/h3-5,11,15H,6-8H2,1-2H3/t11-/m1/s1. The van der Waals surface area contributed by atoms with E-state index in [2.05, 4.69) is 15.0 Å². The number of sulfonamides is 1. The Morgan fingerprint density at radius 2 is 2.30 bits per heavy atom. The molecule has 3 heterocycles. The number of hydrogen-bond donors (Lipinski definition) is 1. The third kappa shape index (κ3) is 3.42. The van der Waals surface area contributed by atoms with Gasteiger partial charge in [0, 0.05) is 25.4 Å². The van der Waals surface area contributed by atoms with Gasteiger partial charge in [-0.1, -0.05) is 5.16 Å². The highest BCUT2D eigenvalue weighted by atomic mass is 32.2. The Morgan fingerprint density at radius 3 is 2.96 bits per heavy atom. The lowest BCUT2D eigenvalue weighted by Crippen LogP contribution is -2.45. The Bertz CT molecular complexity index is 825. The third-order valence-corrected chi connectivity index (χ3v) is 4.29. The number of carbonyl (C=O) groups is 1. The van der Waals surface area contributed by atoms with Crippen LogP contribution in [0.3, 0.4) is 0 Å². The van der Waals surface area contributed by atoms with Crippen LogP contribution in [0.1, 0.15) is 28.0 Å². The lowest BCUT2D eigenvalue weighted by molar-refractivity contribution is 0.0661. The molecule has 2 aromatic heterocycles. The van der Waals surface area contributed by atoms with Gasteiger partial charge < -0.3 is 9.42 Å². The maximum atomic E-state index is 12.5. The summed E-state index contributed by atoms with van der Waals surface area (Å²) < 4.78 is 31.8. The van der Waals surface area contributed by atoms with E-state index in [1.807, 2.05) is 0 Å². The zero-order chi connectivity index (χ0) is 16.6. The van der Waals surface area contributed by atoms with Gasteiger partial charge in [-0.2, -0.15) is 5.10 Å². The van der Waals surface area contributed by atoms with E-state index in [4.69, 9.17) is 4.52 Å². The maximum Gasteiger partial charge on any atom is 0.276 e. The van der Waals surface area contributed by atoms with Crippen molar-refractivity contribution in [1.82, 2.24) is 24.6 Å². The third-order valence-electron chi connectivity index (χ3n) is 3.60. The minimum Gasteiger partial charge on any atom is -0.361 e. The van der Waals surface area contributed by atoms with Crippen LogP contribution in [0.2, 0.25) is 0 Å². The highest BCUT2D eigenvalue weighted by Gasteiger charge is 2.30. The Kier molecular flexibility index (Phi) is 3.94. The minimum absolute atomic E-state index is 0.162. The topological polar surface area (TPSA) is 110 Å². The van der Waals surface area contributed by atoms with Crippen molar-refractivity contribution in [3.63, 3.8) is 0 Å². The summed E-state index contributed by atoms with van der Waals surface area (Å²) in [4.78, 5) is 14.1. The van der Waals surface area contributed by atoms with E-state index in [-0.39, 0.29) is 24.2 Å². The fourth-order valence-corrected chi connectivity index (χ4v) is 3.07. The van der Waals surface area contributed by atoms with Crippen molar-refractivity contribution in [3.05, 3.63) is 35.5 Å². The van der Waals surface area contributed by atoms with Gasteiger partial charge in [-0.15, -0.1) is 0 Å². The zero-order valence-corrected chi connectivity index (χ0v) is 13.6. The van der Waals surface area contributed by atoms with Crippen molar-refractivity contribution in [2.45, 2.75) is 19.5 Å². The van der Waals surface area contributed by atoms with Gasteiger partial charge in [0.15, 0.2) is 5.69 Å². The molecule has 10 heteroatoms. The number of amides is 1. The number of aryl methyl sites for hydroxylation is 1. The Balaban J connectivity index is 1.81. The smallest absolute Gasteiger partial charge is 0.276 e. The molecule has 0 saturated heterocycles. The van der Waals surface area contributed by atoms with Crippen molar-refractivity contribution in [2.75, 3.05) is 19.3 Å². The maximum absolute atomic E-state index is 12.5.